The van der Waals surface area contributed by atoms with Gasteiger partial charge in [-0.1, -0.05) is 18.2 Å². The monoisotopic (exact) mass is 271 g/mol. The maximum Gasteiger partial charge on any atom is 0.138 e. The van der Waals surface area contributed by atoms with E-state index in [0.717, 1.165) is 38.4 Å². The van der Waals surface area contributed by atoms with Crippen LogP contribution in [0.5, 0.6) is 0 Å². The van der Waals surface area contributed by atoms with Gasteiger partial charge in [0.05, 0.1) is 0 Å². The molecule has 2 heterocycles. The first kappa shape index (κ1) is 13.1. The van der Waals surface area contributed by atoms with E-state index in [9.17, 15) is 0 Å². The fourth-order valence-electron chi connectivity index (χ4n) is 2.67. The van der Waals surface area contributed by atoms with Crippen LogP contribution in [0.4, 0.5) is 5.69 Å². The summed E-state index contributed by atoms with van der Waals surface area (Å²) in [6.45, 7) is 4.43. The van der Waals surface area contributed by atoms with Gasteiger partial charge in [-0.15, -0.1) is 0 Å². The van der Waals surface area contributed by atoms with Crippen LogP contribution >= 0.6 is 0 Å². The number of piperazine rings is 1. The molecule has 5 heteroatoms. The van der Waals surface area contributed by atoms with Gasteiger partial charge >= 0.3 is 0 Å². The van der Waals surface area contributed by atoms with E-state index >= 15 is 0 Å². The lowest BCUT2D eigenvalue weighted by molar-refractivity contribution is 0.312. The zero-order valence-corrected chi connectivity index (χ0v) is 12.2. The Bertz CT molecular complexity index is 569. The van der Waals surface area contributed by atoms with Crippen LogP contribution in [0.15, 0.2) is 30.6 Å². The minimum absolute atomic E-state index is 0.832. The molecule has 0 unspecified atom stereocenters. The number of anilines is 1. The molecule has 1 aliphatic rings. The Labute approximate surface area is 119 Å². The van der Waals surface area contributed by atoms with Crippen LogP contribution < -0.4 is 4.90 Å². The number of para-hydroxylation sites is 1. The lowest BCUT2D eigenvalue weighted by Gasteiger charge is -2.35. The van der Waals surface area contributed by atoms with E-state index in [1.54, 1.807) is 6.33 Å². The number of hydrogen-bond acceptors (Lipinski definition) is 4. The van der Waals surface area contributed by atoms with Crippen molar-refractivity contribution in [2.75, 3.05) is 38.1 Å². The molecule has 0 aliphatic carbocycles. The van der Waals surface area contributed by atoms with Gasteiger partial charge in [0.25, 0.3) is 0 Å². The molecule has 0 amide bonds. The predicted octanol–water partition coefficient (Wildman–Crippen LogP) is 1.16. The largest absolute Gasteiger partial charge is 0.369 e. The van der Waals surface area contributed by atoms with Crippen LogP contribution in [0.1, 0.15) is 11.4 Å². The molecule has 20 heavy (non-hydrogen) atoms. The van der Waals surface area contributed by atoms with Gasteiger partial charge in [0.2, 0.25) is 0 Å². The molecular formula is C15H21N5. The van der Waals surface area contributed by atoms with Crippen molar-refractivity contribution < 1.29 is 0 Å². The SMILES string of the molecule is CN1CCN(c2ccccc2Cc2ncnn2C)CC1. The summed E-state index contributed by atoms with van der Waals surface area (Å²) < 4.78 is 1.85. The topological polar surface area (TPSA) is 37.2 Å². The van der Waals surface area contributed by atoms with Crippen molar-refractivity contribution in [1.29, 1.82) is 0 Å². The van der Waals surface area contributed by atoms with Crippen LogP contribution in [0.3, 0.4) is 0 Å². The Morgan fingerprint density at radius 2 is 1.80 bits per heavy atom. The van der Waals surface area contributed by atoms with Crippen molar-refractivity contribution in [3.8, 4) is 0 Å². The summed E-state index contributed by atoms with van der Waals surface area (Å²) in [7, 11) is 4.13. The van der Waals surface area contributed by atoms with Crippen molar-refractivity contribution in [3.05, 3.63) is 42.0 Å². The molecule has 2 aromatic rings. The quantitative estimate of drug-likeness (QED) is 0.839. The second-order valence-electron chi connectivity index (χ2n) is 5.40. The Morgan fingerprint density at radius 1 is 1.05 bits per heavy atom. The molecule has 1 aromatic carbocycles. The third kappa shape index (κ3) is 2.67. The smallest absolute Gasteiger partial charge is 0.138 e. The summed E-state index contributed by atoms with van der Waals surface area (Å²) in [5.74, 6) is 1.01. The van der Waals surface area contributed by atoms with Gasteiger partial charge in [-0.25, -0.2) is 4.98 Å². The summed E-state index contributed by atoms with van der Waals surface area (Å²) in [5, 5.41) is 4.15. The first-order valence-corrected chi connectivity index (χ1v) is 7.08. The van der Waals surface area contributed by atoms with E-state index in [-0.39, 0.29) is 0 Å². The molecule has 106 valence electrons. The average molecular weight is 271 g/mol. The molecule has 0 bridgehead atoms. The fourth-order valence-corrected chi connectivity index (χ4v) is 2.67. The highest BCUT2D eigenvalue weighted by Gasteiger charge is 2.17. The maximum atomic E-state index is 4.33. The number of hydrogen-bond donors (Lipinski definition) is 0. The zero-order valence-electron chi connectivity index (χ0n) is 12.2. The maximum absolute atomic E-state index is 4.33. The van der Waals surface area contributed by atoms with Crippen LogP contribution in [0.25, 0.3) is 0 Å². The summed E-state index contributed by atoms with van der Waals surface area (Å²) in [6.07, 6.45) is 2.45. The minimum Gasteiger partial charge on any atom is -0.369 e. The molecule has 1 aromatic heterocycles. The van der Waals surface area contributed by atoms with E-state index in [1.807, 2.05) is 11.7 Å². The van der Waals surface area contributed by atoms with Crippen molar-refractivity contribution in [2.45, 2.75) is 6.42 Å². The van der Waals surface area contributed by atoms with E-state index in [0.29, 0.717) is 0 Å². The van der Waals surface area contributed by atoms with Gasteiger partial charge in [-0.05, 0) is 18.7 Å². The van der Waals surface area contributed by atoms with Crippen molar-refractivity contribution in [1.82, 2.24) is 19.7 Å². The van der Waals surface area contributed by atoms with E-state index < -0.39 is 0 Å². The molecule has 0 spiro atoms. The highest BCUT2D eigenvalue weighted by atomic mass is 15.3. The first-order chi connectivity index (χ1) is 9.74. The number of nitrogens with zero attached hydrogens (tertiary/aromatic N) is 5. The second kappa shape index (κ2) is 5.63. The van der Waals surface area contributed by atoms with Crippen molar-refractivity contribution >= 4 is 5.69 Å². The summed E-state index contributed by atoms with van der Waals surface area (Å²) in [5.41, 5.74) is 2.66. The average Bonchev–Trinajstić information content (AvgIpc) is 2.86. The number of benzene rings is 1. The summed E-state index contributed by atoms with van der Waals surface area (Å²) in [4.78, 5) is 9.19. The van der Waals surface area contributed by atoms with Gasteiger partial charge in [-0.3, -0.25) is 4.68 Å². The zero-order chi connectivity index (χ0) is 13.9. The predicted molar refractivity (Wildman–Crippen MR) is 80.0 cm³/mol. The summed E-state index contributed by atoms with van der Waals surface area (Å²) in [6, 6.07) is 8.64. The molecule has 3 rings (SSSR count). The Hall–Kier alpha value is -1.88. The lowest BCUT2D eigenvalue weighted by atomic mass is 10.1. The van der Waals surface area contributed by atoms with Gasteiger partial charge in [-0.2, -0.15) is 5.10 Å². The molecule has 0 atom stereocenters. The lowest BCUT2D eigenvalue weighted by Crippen LogP contribution is -2.44. The van der Waals surface area contributed by atoms with Crippen molar-refractivity contribution in [3.63, 3.8) is 0 Å². The number of aryl methyl sites for hydroxylation is 1. The number of aromatic nitrogens is 3. The highest BCUT2D eigenvalue weighted by Crippen LogP contribution is 2.23. The van der Waals surface area contributed by atoms with Crippen molar-refractivity contribution in [2.24, 2.45) is 7.05 Å². The van der Waals surface area contributed by atoms with Gasteiger partial charge < -0.3 is 9.80 Å². The molecule has 5 nitrogen and oxygen atoms in total. The Kier molecular flexibility index (Phi) is 3.69. The Balaban J connectivity index is 1.83. The molecule has 1 aliphatic heterocycles. The molecule has 0 radical (unpaired) electrons. The van der Waals surface area contributed by atoms with E-state index in [1.165, 1.54) is 11.3 Å². The third-order valence-electron chi connectivity index (χ3n) is 3.99. The molecule has 1 saturated heterocycles. The minimum atomic E-state index is 0.832. The van der Waals surface area contributed by atoms with Gasteiger partial charge in [0.15, 0.2) is 0 Å². The normalized spacial score (nSPS) is 16.6. The standard InChI is InChI=1S/C15H21N5/c1-18-7-9-20(10-8-18)14-6-4-3-5-13(14)11-15-16-12-17-19(15)2/h3-6,12H,7-11H2,1-2H3. The van der Waals surface area contributed by atoms with E-state index in [4.69, 9.17) is 0 Å². The Morgan fingerprint density at radius 3 is 2.50 bits per heavy atom. The van der Waals surface area contributed by atoms with E-state index in [2.05, 4.69) is 51.2 Å². The first-order valence-electron chi connectivity index (χ1n) is 7.08. The highest BCUT2D eigenvalue weighted by molar-refractivity contribution is 5.55. The van der Waals surface area contributed by atoms with Crippen LogP contribution in [0.2, 0.25) is 0 Å². The number of rotatable bonds is 3. The van der Waals surface area contributed by atoms with Gasteiger partial charge in [0.1, 0.15) is 12.2 Å². The fraction of sp³-hybridized carbons (Fsp3) is 0.467. The van der Waals surface area contributed by atoms with Crippen LogP contribution in [-0.4, -0.2) is 52.9 Å². The molecule has 0 saturated carbocycles. The van der Waals surface area contributed by atoms with Gasteiger partial charge in [0, 0.05) is 45.3 Å². The molecule has 1 fully saturated rings. The molecule has 0 N–H and O–H groups in total. The summed E-state index contributed by atoms with van der Waals surface area (Å²) >= 11 is 0. The molecular weight excluding hydrogens is 250 g/mol. The third-order valence-corrected chi connectivity index (χ3v) is 3.99. The van der Waals surface area contributed by atoms with Crippen LogP contribution in [0, 0.1) is 0 Å². The number of likely N-dealkylation sites (N-methyl/N-ethyl adjacent to an activating group) is 1. The second-order valence-corrected chi connectivity index (χ2v) is 5.40. The van der Waals surface area contributed by atoms with Crippen LogP contribution in [-0.2, 0) is 13.5 Å².